The van der Waals surface area contributed by atoms with E-state index in [2.05, 4.69) is 79.6 Å². The lowest BCUT2D eigenvalue weighted by Gasteiger charge is -2.11. The fraction of sp³-hybridized carbons (Fsp3) is 0.0429. The maximum absolute atomic E-state index is 12.8. The zero-order valence-electron chi connectivity index (χ0n) is 45.2. The van der Waals surface area contributed by atoms with Crippen LogP contribution in [0.3, 0.4) is 0 Å². The van der Waals surface area contributed by atoms with Crippen LogP contribution >= 0.6 is 79.6 Å². The predicted molar refractivity (Wildman–Crippen MR) is 349 cm³/mol. The molecular weight excluding hydrogens is 1450 g/mol. The quantitative estimate of drug-likeness (QED) is 0.0905. The number of hydrogen-bond donors (Lipinski definition) is 4. The summed E-state index contributed by atoms with van der Waals surface area (Å²) in [5.41, 5.74) is 6.38. The second kappa shape index (κ2) is 24.8. The lowest BCUT2D eigenvalue weighted by Crippen LogP contribution is -2.11. The maximum atomic E-state index is 12.8. The number of carbonyl (C=O) groups excluding carboxylic acids is 4. The molecule has 3 unspecified atom stereocenters. The van der Waals surface area contributed by atoms with Gasteiger partial charge in [0.05, 0.1) is 11.1 Å². The fourth-order valence-electron chi connectivity index (χ4n) is 10.9. The third-order valence-corrected chi connectivity index (χ3v) is 17.7. The van der Waals surface area contributed by atoms with Crippen LogP contribution in [0.4, 0.5) is 0 Å². The summed E-state index contributed by atoms with van der Waals surface area (Å²) in [6.07, 6.45) is -1.43. The van der Waals surface area contributed by atoms with Crippen molar-refractivity contribution < 1.29 is 63.3 Å². The highest BCUT2D eigenvalue weighted by atomic mass is 79.9. The van der Waals surface area contributed by atoms with Gasteiger partial charge in [0.2, 0.25) is 0 Å². The van der Waals surface area contributed by atoms with Gasteiger partial charge in [-0.25, -0.2) is 14.4 Å². The highest BCUT2D eigenvalue weighted by Crippen LogP contribution is 2.50. The SMILES string of the molecule is O=C(O)C(O)c1ccc(Br)cc1.O=C1Oc2c(ccc3c4c(ccc23)=C(c2ccc(Br)cc2)C(=O)O4)=C1c1ccc(Br)cc1.O=C1Oc2c(ccc3c4c(ccc23)C(c2ccc(Br)cc2)C(=O)O4)C1c1ccc(Br)cc1.Oc1cccc2c(O)cccc12. The standard InChI is InChI=1S/C26H14Br2O4.C26H12Br2O4.C10H8O2.C8H7BrO3/c2*27-15-5-1-13(2-6-15)21-19-11-9-18-17(23(19)31-25(21)29)10-12-20-22(26(30)32-24(18)20)14-3-7-16(28)8-4-14;11-9-5-1-3-7-8(9)4-2-6-10(7)12;9-6-3-1-5(2-4-6)7(10)8(11)12/h1-12,21-22H;1-12H;1-6,11-12H;1-4,7,10H,(H,11,12). The molecule has 13 nitrogen and oxygen atoms in total. The van der Waals surface area contributed by atoms with Crippen molar-refractivity contribution in [3.8, 4) is 34.5 Å². The van der Waals surface area contributed by atoms with Crippen LogP contribution < -0.4 is 29.4 Å². The van der Waals surface area contributed by atoms with E-state index in [9.17, 15) is 34.2 Å². The van der Waals surface area contributed by atoms with Gasteiger partial charge in [-0.2, -0.15) is 0 Å². The lowest BCUT2D eigenvalue weighted by molar-refractivity contribution is -0.147. The number of aliphatic hydroxyl groups excluding tert-OH is 1. The molecular formula is C70H41Br5O13. The molecule has 0 saturated carbocycles. The van der Waals surface area contributed by atoms with Gasteiger partial charge in [-0.15, -0.1) is 0 Å². The summed E-state index contributed by atoms with van der Waals surface area (Å²) < 4.78 is 27.5. The number of fused-ring (bicyclic) bond motifs is 11. The van der Waals surface area contributed by atoms with Crippen LogP contribution in [0.25, 0.3) is 43.5 Å². The molecule has 11 aromatic rings. The van der Waals surface area contributed by atoms with Crippen molar-refractivity contribution >= 4 is 153 Å². The Morgan fingerprint density at radius 1 is 0.375 bits per heavy atom. The van der Waals surface area contributed by atoms with Gasteiger partial charge < -0.3 is 39.4 Å². The summed E-state index contributed by atoms with van der Waals surface area (Å²) in [5.74, 6) is -1.16. The van der Waals surface area contributed by atoms with Gasteiger partial charge in [0.25, 0.3) is 0 Å². The summed E-state index contributed by atoms with van der Waals surface area (Å²) in [6, 6.07) is 62.1. The fourth-order valence-corrected chi connectivity index (χ4v) is 12.2. The van der Waals surface area contributed by atoms with Crippen LogP contribution in [0, 0.1) is 0 Å². The first-order valence-electron chi connectivity index (χ1n) is 26.8. The van der Waals surface area contributed by atoms with Crippen LogP contribution in [0.2, 0.25) is 0 Å². The molecule has 0 aliphatic carbocycles. The average Bonchev–Trinajstić information content (AvgIpc) is 1.66. The molecule has 4 N–H and O–H groups in total. The monoisotopic (exact) mass is 1480 g/mol. The molecule has 0 amide bonds. The van der Waals surface area contributed by atoms with Gasteiger partial charge in [0, 0.05) is 76.2 Å². The van der Waals surface area contributed by atoms with Gasteiger partial charge in [0.15, 0.2) is 6.10 Å². The van der Waals surface area contributed by atoms with Crippen LogP contribution in [-0.4, -0.2) is 50.3 Å². The second-order valence-electron chi connectivity index (χ2n) is 20.3. The number of phenolic OH excluding ortho intramolecular Hbond substituents is 2. The van der Waals surface area contributed by atoms with E-state index in [0.717, 1.165) is 87.7 Å². The number of carboxylic acid groups (broad SMARTS) is 1. The Kier molecular flexibility index (Phi) is 16.8. The number of carbonyl (C=O) groups is 5. The van der Waals surface area contributed by atoms with E-state index in [1.54, 1.807) is 60.7 Å². The third kappa shape index (κ3) is 11.5. The summed E-state index contributed by atoms with van der Waals surface area (Å²) in [7, 11) is 0. The van der Waals surface area contributed by atoms with Gasteiger partial charge in [-0.1, -0.05) is 189 Å². The number of esters is 4. The smallest absolute Gasteiger partial charge is 0.344 e. The van der Waals surface area contributed by atoms with Crippen LogP contribution in [0.1, 0.15) is 56.9 Å². The molecule has 4 aliphatic heterocycles. The van der Waals surface area contributed by atoms with E-state index >= 15 is 0 Å². The Labute approximate surface area is 542 Å². The first-order valence-corrected chi connectivity index (χ1v) is 30.8. The average molecular weight is 1490 g/mol. The molecule has 11 aromatic carbocycles. The van der Waals surface area contributed by atoms with Crippen molar-refractivity contribution in [3.05, 3.63) is 278 Å². The summed E-state index contributed by atoms with van der Waals surface area (Å²) in [6.45, 7) is 0. The molecule has 0 saturated heterocycles. The van der Waals surface area contributed by atoms with Crippen LogP contribution in [-0.2, 0) is 24.0 Å². The minimum Gasteiger partial charge on any atom is -0.507 e. The highest BCUT2D eigenvalue weighted by molar-refractivity contribution is 9.11. The molecule has 18 heteroatoms. The summed E-state index contributed by atoms with van der Waals surface area (Å²) in [4.78, 5) is 61.4. The zero-order valence-corrected chi connectivity index (χ0v) is 53.1. The molecule has 0 aromatic heterocycles. The van der Waals surface area contributed by atoms with Crippen molar-refractivity contribution in [2.75, 3.05) is 0 Å². The van der Waals surface area contributed by atoms with E-state index < -0.39 is 35.8 Å². The molecule has 4 heterocycles. The Bertz CT molecular complexity index is 4550. The molecule has 0 fully saturated rings. The molecule has 15 rings (SSSR count). The first-order chi connectivity index (χ1) is 42.4. The van der Waals surface area contributed by atoms with E-state index in [4.69, 9.17) is 29.2 Å². The Hall–Kier alpha value is -8.75. The number of halogens is 5. The number of aliphatic carboxylic acids is 1. The minimum atomic E-state index is -1.43. The number of carboxylic acids is 1. The number of hydrogen-bond acceptors (Lipinski definition) is 12. The number of benzene rings is 11. The third-order valence-electron chi connectivity index (χ3n) is 15.1. The lowest BCUT2D eigenvalue weighted by atomic mass is 9.88. The minimum absolute atomic E-state index is 0.198. The van der Waals surface area contributed by atoms with Crippen LogP contribution in [0.15, 0.2) is 229 Å². The zero-order chi connectivity index (χ0) is 61.7. The summed E-state index contributed by atoms with van der Waals surface area (Å²) >= 11 is 16.9. The van der Waals surface area contributed by atoms with Crippen LogP contribution in [0.5, 0.6) is 34.5 Å². The molecule has 4 aliphatic rings. The van der Waals surface area contributed by atoms with Gasteiger partial charge in [-0.3, -0.25) is 9.59 Å². The largest absolute Gasteiger partial charge is 0.507 e. The number of aliphatic hydroxyl groups is 1. The first kappa shape index (κ1) is 59.6. The predicted octanol–water partition coefficient (Wildman–Crippen LogP) is 14.9. The number of aromatic hydroxyl groups is 2. The Morgan fingerprint density at radius 3 is 1.07 bits per heavy atom. The van der Waals surface area contributed by atoms with Gasteiger partial charge in [0.1, 0.15) is 46.3 Å². The molecule has 0 radical (unpaired) electrons. The Morgan fingerprint density at radius 2 is 0.705 bits per heavy atom. The number of rotatable bonds is 6. The molecule has 88 heavy (non-hydrogen) atoms. The number of phenols is 2. The molecule has 434 valence electrons. The van der Waals surface area contributed by atoms with E-state index in [1.807, 2.05) is 146 Å². The maximum Gasteiger partial charge on any atom is 0.344 e. The molecule has 0 spiro atoms. The van der Waals surface area contributed by atoms with Crippen molar-refractivity contribution in [2.45, 2.75) is 17.9 Å². The van der Waals surface area contributed by atoms with Crippen molar-refractivity contribution in [1.29, 1.82) is 0 Å². The van der Waals surface area contributed by atoms with Crippen molar-refractivity contribution in [1.82, 2.24) is 0 Å². The van der Waals surface area contributed by atoms with E-state index in [0.29, 0.717) is 50.5 Å². The molecule has 3 atom stereocenters. The highest BCUT2D eigenvalue weighted by Gasteiger charge is 2.40. The normalized spacial score (nSPS) is 15.2. The van der Waals surface area contributed by atoms with Gasteiger partial charge >= 0.3 is 29.8 Å². The molecule has 0 bridgehead atoms. The van der Waals surface area contributed by atoms with Gasteiger partial charge in [-0.05, 0) is 125 Å². The second-order valence-corrected chi connectivity index (χ2v) is 24.9. The van der Waals surface area contributed by atoms with Crippen molar-refractivity contribution in [3.63, 3.8) is 0 Å². The van der Waals surface area contributed by atoms with E-state index in [-0.39, 0.29) is 23.4 Å². The Balaban J connectivity index is 0.000000126. The summed E-state index contributed by atoms with van der Waals surface area (Å²) in [5, 5.41) is 42.1. The topological polar surface area (TPSA) is 203 Å². The van der Waals surface area contributed by atoms with Crippen molar-refractivity contribution in [2.24, 2.45) is 0 Å². The number of ether oxygens (including phenoxy) is 4. The van der Waals surface area contributed by atoms with E-state index in [1.165, 1.54) is 0 Å².